The van der Waals surface area contributed by atoms with Crippen molar-refractivity contribution in [1.29, 1.82) is 0 Å². The molecule has 0 aromatic carbocycles. The molecule has 4 saturated carbocycles. The van der Waals surface area contributed by atoms with Crippen LogP contribution in [0, 0.1) is 50.2 Å². The highest BCUT2D eigenvalue weighted by Crippen LogP contribution is 2.76. The van der Waals surface area contributed by atoms with E-state index in [0.717, 1.165) is 25.7 Å². The van der Waals surface area contributed by atoms with E-state index in [1.807, 2.05) is 0 Å². The third-order valence-corrected chi connectivity index (χ3v) is 23.1. The van der Waals surface area contributed by atoms with Crippen LogP contribution in [0.3, 0.4) is 0 Å². The van der Waals surface area contributed by atoms with Gasteiger partial charge in [-0.3, -0.25) is 4.79 Å². The van der Waals surface area contributed by atoms with Gasteiger partial charge in [0.25, 0.3) is 0 Å². The molecule has 0 bridgehead atoms. The Labute approximate surface area is 490 Å². The standard InChI is InChI=1S/C59H96O25/c1-24-34(63)39(68)42(71)48(76-24)81-45-38(67)30(22-61)79-52(47(45)83-50-44(73)41(70)37(66)29(21-60)78-50)84-53(74)59-18-16-54(3,4)20-27(59)26-10-11-32-56(7)14-13-33(55(5,6)31(56)12-15-58(32,9)57(26,8)17-19-59)80-51-46(36(65)28(62)23-75-51)82-49-43(72)40(69)35(64)25(2)77-49/h10,24-25,27-52,60-73H,11-23H2,1-9H3/t24-,25-,27+,28-,29-,30-,31+,32+,33-,34-,35+,36-,37-,38-,39-,40+,41-,42-,43+,44-,45-,46-,47-,48-,49-,50-,51+,52-,56+,57-,58-,59+/m1/s1. The van der Waals surface area contributed by atoms with Gasteiger partial charge in [-0.1, -0.05) is 60.1 Å². The molecule has 84 heavy (non-hydrogen) atoms. The maximum atomic E-state index is 15.8. The van der Waals surface area contributed by atoms with Crippen LogP contribution in [0.5, 0.6) is 0 Å². The van der Waals surface area contributed by atoms with Gasteiger partial charge in [-0.05, 0) is 123 Å². The molecule has 0 aromatic heterocycles. The van der Waals surface area contributed by atoms with Crippen molar-refractivity contribution in [3.05, 3.63) is 11.6 Å². The van der Waals surface area contributed by atoms with Crippen molar-refractivity contribution in [2.45, 2.75) is 280 Å². The Hall–Kier alpha value is -1.71. The first-order chi connectivity index (χ1) is 39.3. The van der Waals surface area contributed by atoms with Crippen molar-refractivity contribution in [3.63, 3.8) is 0 Å². The molecule has 10 rings (SSSR count). The molecule has 5 aliphatic carbocycles. The highest BCUT2D eigenvalue weighted by atomic mass is 16.8. The Morgan fingerprint density at radius 1 is 0.536 bits per heavy atom. The van der Waals surface area contributed by atoms with Crippen molar-refractivity contribution in [2.75, 3.05) is 19.8 Å². The molecule has 5 heterocycles. The quantitative estimate of drug-likeness (QED) is 0.0600. The first-order valence-corrected chi connectivity index (χ1v) is 30.5. The molecule has 10 aliphatic rings. The molecule has 25 nitrogen and oxygen atoms in total. The summed E-state index contributed by atoms with van der Waals surface area (Å²) in [4.78, 5) is 15.8. The Balaban J connectivity index is 0.921. The summed E-state index contributed by atoms with van der Waals surface area (Å²) in [6.07, 6.45) is -29.7. The van der Waals surface area contributed by atoms with Crippen molar-refractivity contribution >= 4 is 5.97 Å². The van der Waals surface area contributed by atoms with Crippen LogP contribution in [-0.4, -0.2) is 251 Å². The van der Waals surface area contributed by atoms with Crippen LogP contribution >= 0.6 is 0 Å². The number of carbonyl (C=O) groups excluding carboxylic acids is 1. The van der Waals surface area contributed by atoms with Crippen LogP contribution < -0.4 is 0 Å². The number of aliphatic hydroxyl groups is 14. The van der Waals surface area contributed by atoms with Gasteiger partial charge in [0.1, 0.15) is 97.7 Å². The van der Waals surface area contributed by atoms with E-state index >= 15 is 4.79 Å². The Morgan fingerprint density at radius 3 is 1.68 bits per heavy atom. The minimum Gasteiger partial charge on any atom is -0.432 e. The molecule has 14 N–H and O–H groups in total. The third kappa shape index (κ3) is 10.8. The lowest BCUT2D eigenvalue weighted by atomic mass is 9.33. The highest BCUT2D eigenvalue weighted by molar-refractivity contribution is 5.79. The lowest BCUT2D eigenvalue weighted by molar-refractivity contribution is -0.387. The SMILES string of the molecule is C[C@H]1O[C@H](O[C@H]2[C@H](O[C@@H]3CC[C@@]4(C)[C@@H](CC[C@]5(C)[C@H]4CC=C4[C@@H]6CC(C)(C)CC[C@]6(C(=O)O[C@H]6O[C@H](CO)[C@@H](O)[C@@H](O[C@H]7O[C@H](C)[C@@H](O)[C@@H](O)[C@H]7O)[C@H]6O[C@H]6O[C@H](CO)[C@@H](O)[C@@H](O)[C@H]6O)CC[C@]45C)C3(C)C)OC[C@@H](O)[C@H]2O)[C@@H](O)[C@@H](O)[C@H]1O. The van der Waals surface area contributed by atoms with Crippen molar-refractivity contribution < 1.29 is 124 Å². The largest absolute Gasteiger partial charge is 0.432 e. The average molecular weight is 1210 g/mol. The topological polar surface area (TPSA) is 393 Å². The molecule has 5 aliphatic heterocycles. The second kappa shape index (κ2) is 23.8. The third-order valence-electron chi connectivity index (χ3n) is 23.1. The van der Waals surface area contributed by atoms with Gasteiger partial charge in [-0.15, -0.1) is 0 Å². The zero-order valence-electron chi connectivity index (χ0n) is 49.7. The van der Waals surface area contributed by atoms with E-state index in [2.05, 4.69) is 54.5 Å². The molecule has 0 unspecified atom stereocenters. The van der Waals surface area contributed by atoms with Gasteiger partial charge in [-0.25, -0.2) is 0 Å². The first kappa shape index (κ1) is 65.2. The van der Waals surface area contributed by atoms with E-state index < -0.39 is 189 Å². The number of aliphatic hydroxyl groups excluding tert-OH is 14. The molecular formula is C59H96O25. The van der Waals surface area contributed by atoms with E-state index in [-0.39, 0.29) is 40.6 Å². The van der Waals surface area contributed by atoms with E-state index in [4.69, 9.17) is 47.4 Å². The van der Waals surface area contributed by atoms with Gasteiger partial charge in [0, 0.05) is 0 Å². The maximum absolute atomic E-state index is 15.8. The lowest BCUT2D eigenvalue weighted by Crippen LogP contribution is -2.68. The second-order valence-corrected chi connectivity index (χ2v) is 28.6. The Morgan fingerprint density at radius 2 is 1.07 bits per heavy atom. The molecule has 0 radical (unpaired) electrons. The van der Waals surface area contributed by atoms with E-state index in [1.54, 1.807) is 0 Å². The molecule has 0 aromatic rings. The van der Waals surface area contributed by atoms with Crippen LogP contribution in [0.4, 0.5) is 0 Å². The zero-order valence-corrected chi connectivity index (χ0v) is 49.7. The van der Waals surface area contributed by atoms with E-state index in [9.17, 15) is 71.5 Å². The molecular weight excluding hydrogens is 1110 g/mol. The second-order valence-electron chi connectivity index (χ2n) is 28.6. The Bertz CT molecular complexity index is 2340. The monoisotopic (exact) mass is 1200 g/mol. The number of allylic oxidation sites excluding steroid dienone is 2. The van der Waals surface area contributed by atoms with Crippen LogP contribution in [0.2, 0.25) is 0 Å². The molecule has 9 fully saturated rings. The first-order valence-electron chi connectivity index (χ1n) is 30.5. The maximum Gasteiger partial charge on any atom is 0.315 e. The lowest BCUT2D eigenvalue weighted by Gasteiger charge is -2.71. The van der Waals surface area contributed by atoms with Crippen LogP contribution in [-0.2, 0) is 52.2 Å². The van der Waals surface area contributed by atoms with Gasteiger partial charge < -0.3 is 119 Å². The zero-order chi connectivity index (χ0) is 61.3. The summed E-state index contributed by atoms with van der Waals surface area (Å²) in [5.41, 5.74) is -1.49. The Kier molecular flexibility index (Phi) is 18.5. The van der Waals surface area contributed by atoms with Crippen molar-refractivity contribution in [1.82, 2.24) is 0 Å². The summed E-state index contributed by atoms with van der Waals surface area (Å²) in [5, 5.41) is 151. The smallest absolute Gasteiger partial charge is 0.315 e. The van der Waals surface area contributed by atoms with Gasteiger partial charge >= 0.3 is 5.97 Å². The predicted molar refractivity (Wildman–Crippen MR) is 287 cm³/mol. The summed E-state index contributed by atoms with van der Waals surface area (Å²) in [6, 6.07) is 0. The molecule has 32 atom stereocenters. The van der Waals surface area contributed by atoms with E-state index in [0.29, 0.717) is 38.5 Å². The number of hydrogen-bond donors (Lipinski definition) is 14. The molecule has 482 valence electrons. The average Bonchev–Trinajstić information content (AvgIpc) is 0.689. The summed E-state index contributed by atoms with van der Waals surface area (Å²) < 4.78 is 61.4. The number of carbonyl (C=O) groups is 1. The summed E-state index contributed by atoms with van der Waals surface area (Å²) in [7, 11) is 0. The van der Waals surface area contributed by atoms with Crippen molar-refractivity contribution in [3.8, 4) is 0 Å². The number of esters is 1. The summed E-state index contributed by atoms with van der Waals surface area (Å²) >= 11 is 0. The molecule has 5 saturated heterocycles. The van der Waals surface area contributed by atoms with Gasteiger partial charge in [0.05, 0.1) is 43.5 Å². The number of fused-ring (bicyclic) bond motifs is 7. The van der Waals surface area contributed by atoms with Crippen LogP contribution in [0.1, 0.15) is 127 Å². The molecule has 0 spiro atoms. The van der Waals surface area contributed by atoms with Gasteiger partial charge in [-0.2, -0.15) is 0 Å². The van der Waals surface area contributed by atoms with Gasteiger partial charge in [0.2, 0.25) is 6.29 Å². The fourth-order valence-electron chi connectivity index (χ4n) is 17.6. The summed E-state index contributed by atoms with van der Waals surface area (Å²) in [6.45, 7) is 17.0. The molecule has 25 heteroatoms. The predicted octanol–water partition coefficient (Wildman–Crippen LogP) is -1.52. The van der Waals surface area contributed by atoms with Crippen LogP contribution in [0.15, 0.2) is 11.6 Å². The highest BCUT2D eigenvalue weighted by Gasteiger charge is 2.70. The normalized spacial score (nSPS) is 54.6. The minimum absolute atomic E-state index is 0.141. The van der Waals surface area contributed by atoms with E-state index in [1.165, 1.54) is 19.4 Å². The van der Waals surface area contributed by atoms with Crippen molar-refractivity contribution in [2.24, 2.45) is 50.2 Å². The number of rotatable bonds is 12. The fraction of sp³-hybridized carbons (Fsp3) is 0.949. The minimum atomic E-state index is -1.98. The molecule has 0 amide bonds. The van der Waals surface area contributed by atoms with Crippen LogP contribution in [0.25, 0.3) is 0 Å². The fourth-order valence-corrected chi connectivity index (χ4v) is 17.6. The summed E-state index contributed by atoms with van der Waals surface area (Å²) in [5.74, 6) is -0.649. The number of ether oxygens (including phenoxy) is 10. The van der Waals surface area contributed by atoms with Gasteiger partial charge in [0.15, 0.2) is 31.3 Å². The number of hydrogen-bond acceptors (Lipinski definition) is 25.